The van der Waals surface area contributed by atoms with Gasteiger partial charge in [-0.2, -0.15) is 0 Å². The van der Waals surface area contributed by atoms with Crippen molar-refractivity contribution in [3.63, 3.8) is 0 Å². The first kappa shape index (κ1) is 20.6. The Hall–Kier alpha value is -3.16. The van der Waals surface area contributed by atoms with Gasteiger partial charge in [-0.25, -0.2) is 14.8 Å². The molecule has 1 aliphatic heterocycles. The fourth-order valence-corrected chi connectivity index (χ4v) is 3.12. The van der Waals surface area contributed by atoms with Crippen LogP contribution >= 0.6 is 0 Å². The average molecular weight is 397 g/mol. The Kier molecular flexibility index (Phi) is 6.99. The third-order valence-corrected chi connectivity index (χ3v) is 4.83. The van der Waals surface area contributed by atoms with Crippen LogP contribution < -0.4 is 10.6 Å². The third kappa shape index (κ3) is 5.91. The van der Waals surface area contributed by atoms with E-state index in [1.807, 2.05) is 0 Å². The molecule has 0 radical (unpaired) electrons. The van der Waals surface area contributed by atoms with E-state index in [0.717, 1.165) is 5.56 Å². The lowest BCUT2D eigenvalue weighted by Crippen LogP contribution is -2.46. The molecule has 2 aromatic rings. The lowest BCUT2D eigenvalue weighted by molar-refractivity contribution is 0.0856. The lowest BCUT2D eigenvalue weighted by Gasteiger charge is -2.31. The zero-order valence-electron chi connectivity index (χ0n) is 16.9. The predicted octanol–water partition coefficient (Wildman–Crippen LogP) is 2.75. The molecule has 0 saturated carbocycles. The molecule has 0 unspecified atom stereocenters. The number of aryl methyl sites for hydroxylation is 1. The van der Waals surface area contributed by atoms with Gasteiger partial charge in [0.25, 0.3) is 5.91 Å². The molecule has 2 heterocycles. The number of anilines is 1. The molecule has 0 bridgehead atoms. The van der Waals surface area contributed by atoms with Gasteiger partial charge in [-0.3, -0.25) is 4.79 Å². The number of ether oxygens (including phenoxy) is 1. The molecule has 1 saturated heterocycles. The number of amides is 2. The minimum absolute atomic E-state index is 0.00863. The van der Waals surface area contributed by atoms with Crippen molar-refractivity contribution in [1.29, 1.82) is 0 Å². The van der Waals surface area contributed by atoms with Gasteiger partial charge in [0, 0.05) is 25.7 Å². The minimum Gasteiger partial charge on any atom is -0.450 e. The number of rotatable bonds is 6. The van der Waals surface area contributed by atoms with E-state index in [0.29, 0.717) is 44.9 Å². The fraction of sp³-hybridized carbons (Fsp3) is 0.429. The van der Waals surface area contributed by atoms with Crippen molar-refractivity contribution in [2.24, 2.45) is 0 Å². The number of piperidine rings is 1. The summed E-state index contributed by atoms with van der Waals surface area (Å²) in [4.78, 5) is 34.3. The molecule has 2 N–H and O–H groups in total. The number of hydrogen-bond acceptors (Lipinski definition) is 6. The first-order chi connectivity index (χ1) is 14.0. The van der Waals surface area contributed by atoms with Crippen LogP contribution in [0.25, 0.3) is 0 Å². The normalized spacial score (nSPS) is 14.3. The molecular formula is C21H27N5O3. The second kappa shape index (κ2) is 9.86. The molecule has 8 nitrogen and oxygen atoms in total. The highest BCUT2D eigenvalue weighted by Gasteiger charge is 2.25. The number of carbonyl (C=O) groups excluding carboxylic acids is 2. The summed E-state index contributed by atoms with van der Waals surface area (Å²) < 4.78 is 5.01. The largest absolute Gasteiger partial charge is 0.450 e. The van der Waals surface area contributed by atoms with Crippen LogP contribution in [0, 0.1) is 6.92 Å². The van der Waals surface area contributed by atoms with Crippen molar-refractivity contribution < 1.29 is 14.3 Å². The summed E-state index contributed by atoms with van der Waals surface area (Å²) in [6.45, 7) is 5.98. The first-order valence-corrected chi connectivity index (χ1v) is 9.89. The van der Waals surface area contributed by atoms with Crippen LogP contribution in [-0.4, -0.2) is 52.6 Å². The minimum atomic E-state index is -0.295. The topological polar surface area (TPSA) is 96.5 Å². The molecule has 154 valence electrons. The molecular weight excluding hydrogens is 370 g/mol. The summed E-state index contributed by atoms with van der Waals surface area (Å²) in [5.74, 6) is 0.363. The zero-order chi connectivity index (χ0) is 20.6. The van der Waals surface area contributed by atoms with Crippen molar-refractivity contribution in [1.82, 2.24) is 20.2 Å². The molecule has 0 spiro atoms. The Morgan fingerprint density at radius 2 is 1.86 bits per heavy atom. The Labute approximate surface area is 170 Å². The van der Waals surface area contributed by atoms with Crippen molar-refractivity contribution in [2.45, 2.75) is 39.3 Å². The Balaban J connectivity index is 1.45. The van der Waals surface area contributed by atoms with E-state index >= 15 is 0 Å². The number of nitrogens with one attached hydrogen (secondary N) is 2. The van der Waals surface area contributed by atoms with Gasteiger partial charge in [-0.15, -0.1) is 0 Å². The van der Waals surface area contributed by atoms with Gasteiger partial charge in [0.15, 0.2) is 0 Å². The van der Waals surface area contributed by atoms with E-state index in [1.165, 1.54) is 11.8 Å². The van der Waals surface area contributed by atoms with E-state index < -0.39 is 0 Å². The quantitative estimate of drug-likeness (QED) is 0.778. The van der Waals surface area contributed by atoms with Crippen LogP contribution in [0.5, 0.6) is 0 Å². The smallest absolute Gasteiger partial charge is 0.409 e. The van der Waals surface area contributed by atoms with Gasteiger partial charge in [0.2, 0.25) is 0 Å². The van der Waals surface area contributed by atoms with Gasteiger partial charge in [0.1, 0.15) is 11.5 Å². The molecule has 2 amide bonds. The van der Waals surface area contributed by atoms with Crippen molar-refractivity contribution in [3.8, 4) is 0 Å². The lowest BCUT2D eigenvalue weighted by atomic mass is 10.1. The van der Waals surface area contributed by atoms with E-state index in [1.54, 1.807) is 18.0 Å². The molecule has 29 heavy (non-hydrogen) atoms. The van der Waals surface area contributed by atoms with E-state index in [-0.39, 0.29) is 23.7 Å². The van der Waals surface area contributed by atoms with Gasteiger partial charge in [-0.05, 0) is 32.3 Å². The number of aromatic nitrogens is 2. The van der Waals surface area contributed by atoms with Gasteiger partial charge >= 0.3 is 6.09 Å². The second-order valence-corrected chi connectivity index (χ2v) is 7.06. The van der Waals surface area contributed by atoms with E-state index in [2.05, 4.69) is 51.8 Å². The van der Waals surface area contributed by atoms with E-state index in [9.17, 15) is 9.59 Å². The highest BCUT2D eigenvalue weighted by Crippen LogP contribution is 2.12. The van der Waals surface area contributed by atoms with Crippen LogP contribution in [0.4, 0.5) is 10.6 Å². The molecule has 1 aliphatic rings. The van der Waals surface area contributed by atoms with Crippen molar-refractivity contribution in [3.05, 3.63) is 53.5 Å². The molecule has 1 aromatic heterocycles. The number of carbonyl (C=O) groups is 2. The summed E-state index contributed by atoms with van der Waals surface area (Å²) in [6, 6.07) is 8.25. The van der Waals surface area contributed by atoms with Crippen molar-refractivity contribution >= 4 is 17.8 Å². The predicted molar refractivity (Wildman–Crippen MR) is 110 cm³/mol. The van der Waals surface area contributed by atoms with Crippen LogP contribution in [0.3, 0.4) is 0 Å². The Morgan fingerprint density at radius 3 is 2.48 bits per heavy atom. The van der Waals surface area contributed by atoms with Crippen molar-refractivity contribution in [2.75, 3.05) is 25.0 Å². The second-order valence-electron chi connectivity index (χ2n) is 7.06. The third-order valence-electron chi connectivity index (χ3n) is 4.83. The molecule has 3 rings (SSSR count). The maximum atomic E-state index is 12.4. The average Bonchev–Trinajstić information content (AvgIpc) is 2.74. The maximum Gasteiger partial charge on any atom is 0.409 e. The van der Waals surface area contributed by atoms with Crippen LogP contribution in [-0.2, 0) is 11.3 Å². The zero-order valence-corrected chi connectivity index (χ0v) is 16.9. The highest BCUT2D eigenvalue weighted by molar-refractivity contribution is 5.92. The summed E-state index contributed by atoms with van der Waals surface area (Å²) in [5.41, 5.74) is 2.64. The van der Waals surface area contributed by atoms with Gasteiger partial charge < -0.3 is 20.3 Å². The summed E-state index contributed by atoms with van der Waals surface area (Å²) in [7, 11) is 0. The van der Waals surface area contributed by atoms with Gasteiger partial charge in [0.05, 0.1) is 19.0 Å². The molecule has 8 heteroatoms. The molecule has 0 aliphatic carbocycles. The maximum absolute atomic E-state index is 12.4. The summed E-state index contributed by atoms with van der Waals surface area (Å²) in [6.07, 6.45) is 4.12. The molecule has 1 aromatic carbocycles. The number of nitrogens with zero attached hydrogens (tertiary/aromatic N) is 3. The van der Waals surface area contributed by atoms with Crippen LogP contribution in [0.1, 0.15) is 41.4 Å². The van der Waals surface area contributed by atoms with Gasteiger partial charge in [-0.1, -0.05) is 29.8 Å². The number of benzene rings is 1. The standard InChI is InChI=1S/C21H27N5O3/c1-3-29-21(28)26-10-8-17(9-11-26)25-20(27)18-13-24-19(14-22-18)23-12-16-6-4-15(2)5-7-16/h4-7,13-14,17H,3,8-12H2,1-2H3,(H,23,24)(H,25,27). The fourth-order valence-electron chi connectivity index (χ4n) is 3.12. The Bertz CT molecular complexity index is 815. The first-order valence-electron chi connectivity index (χ1n) is 9.89. The van der Waals surface area contributed by atoms with Crippen LogP contribution in [0.2, 0.25) is 0 Å². The number of hydrogen-bond donors (Lipinski definition) is 2. The van der Waals surface area contributed by atoms with E-state index in [4.69, 9.17) is 4.74 Å². The monoisotopic (exact) mass is 397 g/mol. The Morgan fingerprint density at radius 1 is 1.14 bits per heavy atom. The summed E-state index contributed by atoms with van der Waals surface area (Å²) >= 11 is 0. The summed E-state index contributed by atoms with van der Waals surface area (Å²) in [5, 5.41) is 6.17. The molecule has 0 atom stereocenters. The van der Waals surface area contributed by atoms with Crippen LogP contribution in [0.15, 0.2) is 36.7 Å². The molecule has 1 fully saturated rings. The SMILES string of the molecule is CCOC(=O)N1CCC(NC(=O)c2cnc(NCc3ccc(C)cc3)cn2)CC1. The highest BCUT2D eigenvalue weighted by atomic mass is 16.6. The number of likely N-dealkylation sites (tertiary alicyclic amines) is 1.